The molecule has 5 nitrogen and oxygen atoms in total. The van der Waals surface area contributed by atoms with E-state index in [0.717, 1.165) is 13.1 Å². The van der Waals surface area contributed by atoms with Crippen molar-refractivity contribution in [3.05, 3.63) is 30.1 Å². The van der Waals surface area contributed by atoms with Crippen LogP contribution in [0.5, 0.6) is 5.75 Å². The molecule has 0 saturated carbocycles. The molecule has 1 aliphatic rings. The SMILES string of the molecule is COC1(C(=O)NCCOc2cccc(F)c2)CCNCC1.Cl. The second-order valence-electron chi connectivity index (χ2n) is 5.01. The number of benzene rings is 1. The Morgan fingerprint density at radius 1 is 1.41 bits per heavy atom. The molecule has 1 amide bonds. The van der Waals surface area contributed by atoms with Gasteiger partial charge in [-0.15, -0.1) is 12.4 Å². The van der Waals surface area contributed by atoms with E-state index in [1.165, 1.54) is 12.1 Å². The van der Waals surface area contributed by atoms with E-state index >= 15 is 0 Å². The second-order valence-corrected chi connectivity index (χ2v) is 5.01. The Morgan fingerprint density at radius 3 is 2.77 bits per heavy atom. The van der Waals surface area contributed by atoms with Crippen LogP contribution in [0.15, 0.2) is 24.3 Å². The van der Waals surface area contributed by atoms with Crippen molar-refractivity contribution in [1.29, 1.82) is 0 Å². The number of ether oxygens (including phenoxy) is 2. The average Bonchev–Trinajstić information content (AvgIpc) is 2.52. The number of hydrogen-bond donors (Lipinski definition) is 2. The molecule has 1 aromatic carbocycles. The lowest BCUT2D eigenvalue weighted by Gasteiger charge is -2.34. The molecular weight excluding hydrogens is 311 g/mol. The van der Waals surface area contributed by atoms with Gasteiger partial charge in [0.2, 0.25) is 0 Å². The van der Waals surface area contributed by atoms with Crippen LogP contribution in [-0.4, -0.2) is 44.9 Å². The summed E-state index contributed by atoms with van der Waals surface area (Å²) in [6.45, 7) is 2.17. The first-order valence-corrected chi connectivity index (χ1v) is 7.09. The maximum atomic E-state index is 13.0. The molecule has 1 aliphatic heterocycles. The summed E-state index contributed by atoms with van der Waals surface area (Å²) in [7, 11) is 1.56. The minimum Gasteiger partial charge on any atom is -0.492 e. The third-order valence-corrected chi connectivity index (χ3v) is 3.67. The van der Waals surface area contributed by atoms with E-state index < -0.39 is 5.60 Å². The summed E-state index contributed by atoms with van der Waals surface area (Å²) in [5, 5.41) is 6.02. The van der Waals surface area contributed by atoms with E-state index in [0.29, 0.717) is 25.1 Å². The van der Waals surface area contributed by atoms with Crippen molar-refractivity contribution in [3.8, 4) is 5.75 Å². The molecular formula is C15H22ClFN2O3. The van der Waals surface area contributed by atoms with Crippen molar-refractivity contribution < 1.29 is 18.7 Å². The first-order valence-electron chi connectivity index (χ1n) is 7.09. The third-order valence-electron chi connectivity index (χ3n) is 3.67. The lowest BCUT2D eigenvalue weighted by atomic mass is 9.91. The lowest BCUT2D eigenvalue weighted by molar-refractivity contribution is -0.146. The Labute approximate surface area is 136 Å². The Bertz CT molecular complexity index is 482. The van der Waals surface area contributed by atoms with E-state index in [4.69, 9.17) is 9.47 Å². The van der Waals surface area contributed by atoms with Gasteiger partial charge < -0.3 is 20.1 Å². The first kappa shape index (κ1) is 18.7. The van der Waals surface area contributed by atoms with Crippen molar-refractivity contribution in [1.82, 2.24) is 10.6 Å². The number of nitrogens with one attached hydrogen (secondary N) is 2. The van der Waals surface area contributed by atoms with E-state index in [-0.39, 0.29) is 30.7 Å². The highest BCUT2D eigenvalue weighted by Gasteiger charge is 2.39. The van der Waals surface area contributed by atoms with Crippen LogP contribution in [0.4, 0.5) is 4.39 Å². The zero-order chi connectivity index (χ0) is 15.1. The van der Waals surface area contributed by atoms with E-state index in [1.54, 1.807) is 19.2 Å². The van der Waals surface area contributed by atoms with Crippen molar-refractivity contribution in [3.63, 3.8) is 0 Å². The molecule has 2 rings (SSSR count). The van der Waals surface area contributed by atoms with Crippen LogP contribution in [0, 0.1) is 5.82 Å². The van der Waals surface area contributed by atoms with Gasteiger partial charge in [0.1, 0.15) is 23.8 Å². The van der Waals surface area contributed by atoms with Crippen LogP contribution in [0.2, 0.25) is 0 Å². The molecule has 2 N–H and O–H groups in total. The third kappa shape index (κ3) is 4.83. The largest absolute Gasteiger partial charge is 0.492 e. The van der Waals surface area contributed by atoms with Crippen LogP contribution in [-0.2, 0) is 9.53 Å². The molecule has 1 saturated heterocycles. The highest BCUT2D eigenvalue weighted by molar-refractivity contribution is 5.85. The van der Waals surface area contributed by atoms with Gasteiger partial charge in [-0.3, -0.25) is 4.79 Å². The summed E-state index contributed by atoms with van der Waals surface area (Å²) in [4.78, 5) is 12.2. The van der Waals surface area contributed by atoms with Crippen LogP contribution < -0.4 is 15.4 Å². The van der Waals surface area contributed by atoms with E-state index in [2.05, 4.69) is 10.6 Å². The zero-order valence-electron chi connectivity index (χ0n) is 12.6. The summed E-state index contributed by atoms with van der Waals surface area (Å²) in [5.41, 5.74) is -0.746. The number of methoxy groups -OCH3 is 1. The molecule has 1 fully saturated rings. The fourth-order valence-corrected chi connectivity index (χ4v) is 2.41. The molecule has 0 radical (unpaired) electrons. The maximum Gasteiger partial charge on any atom is 0.252 e. The summed E-state index contributed by atoms with van der Waals surface area (Å²) in [5.74, 6) is -0.00788. The summed E-state index contributed by atoms with van der Waals surface area (Å²) in [6, 6.07) is 5.92. The molecule has 0 spiro atoms. The highest BCUT2D eigenvalue weighted by atomic mass is 35.5. The minimum atomic E-state index is -0.746. The summed E-state index contributed by atoms with van der Waals surface area (Å²) < 4.78 is 23.8. The van der Waals surface area contributed by atoms with Gasteiger partial charge in [0.15, 0.2) is 0 Å². The Morgan fingerprint density at radius 2 is 2.14 bits per heavy atom. The summed E-state index contributed by atoms with van der Waals surface area (Å²) in [6.07, 6.45) is 1.31. The quantitative estimate of drug-likeness (QED) is 0.775. The minimum absolute atomic E-state index is 0. The summed E-state index contributed by atoms with van der Waals surface area (Å²) >= 11 is 0. The predicted octanol–water partition coefficient (Wildman–Crippen LogP) is 1.51. The monoisotopic (exact) mass is 332 g/mol. The molecule has 1 aromatic rings. The highest BCUT2D eigenvalue weighted by Crippen LogP contribution is 2.22. The molecule has 0 aliphatic carbocycles. The normalized spacial score (nSPS) is 16.5. The molecule has 1 heterocycles. The van der Waals surface area contributed by atoms with E-state index in [1.807, 2.05) is 0 Å². The van der Waals surface area contributed by atoms with Gasteiger partial charge in [-0.1, -0.05) is 6.07 Å². The van der Waals surface area contributed by atoms with Gasteiger partial charge in [0.25, 0.3) is 5.91 Å². The Hall–Kier alpha value is -1.37. The number of halogens is 2. The van der Waals surface area contributed by atoms with Crippen molar-refractivity contribution >= 4 is 18.3 Å². The molecule has 7 heteroatoms. The van der Waals surface area contributed by atoms with Crippen LogP contribution in [0.3, 0.4) is 0 Å². The molecule has 124 valence electrons. The van der Waals surface area contributed by atoms with Gasteiger partial charge in [-0.05, 0) is 38.1 Å². The number of amides is 1. The van der Waals surface area contributed by atoms with Gasteiger partial charge >= 0.3 is 0 Å². The lowest BCUT2D eigenvalue weighted by Crippen LogP contribution is -2.54. The van der Waals surface area contributed by atoms with Crippen LogP contribution in [0.1, 0.15) is 12.8 Å². The van der Waals surface area contributed by atoms with Crippen LogP contribution >= 0.6 is 12.4 Å². The molecule has 0 bridgehead atoms. The molecule has 0 unspecified atom stereocenters. The average molecular weight is 333 g/mol. The molecule has 0 atom stereocenters. The smallest absolute Gasteiger partial charge is 0.252 e. The van der Waals surface area contributed by atoms with Crippen LogP contribution in [0.25, 0.3) is 0 Å². The molecule has 22 heavy (non-hydrogen) atoms. The van der Waals surface area contributed by atoms with Gasteiger partial charge in [0.05, 0.1) is 6.54 Å². The number of piperidine rings is 1. The topological polar surface area (TPSA) is 59.6 Å². The standard InChI is InChI=1S/C15H21FN2O3.ClH/c1-20-15(5-7-17-8-6-15)14(19)18-9-10-21-13-4-2-3-12(16)11-13;/h2-4,11,17H,5-10H2,1H3,(H,18,19);1H. The Kier molecular flexibility index (Phi) is 7.58. The second kappa shape index (κ2) is 8.92. The molecule has 0 aromatic heterocycles. The Balaban J connectivity index is 0.00000242. The van der Waals surface area contributed by atoms with E-state index in [9.17, 15) is 9.18 Å². The van der Waals surface area contributed by atoms with Gasteiger partial charge in [-0.25, -0.2) is 4.39 Å². The first-order chi connectivity index (χ1) is 10.2. The van der Waals surface area contributed by atoms with Gasteiger partial charge in [-0.2, -0.15) is 0 Å². The fraction of sp³-hybridized carbons (Fsp3) is 0.533. The number of rotatable bonds is 6. The van der Waals surface area contributed by atoms with Gasteiger partial charge in [0, 0.05) is 13.2 Å². The number of carbonyl (C=O) groups excluding carboxylic acids is 1. The maximum absolute atomic E-state index is 13.0. The number of carbonyl (C=O) groups is 1. The van der Waals surface area contributed by atoms with Crippen molar-refractivity contribution in [2.75, 3.05) is 33.4 Å². The zero-order valence-corrected chi connectivity index (χ0v) is 13.4. The predicted molar refractivity (Wildman–Crippen MR) is 84.0 cm³/mol. The number of hydrogen-bond acceptors (Lipinski definition) is 4. The van der Waals surface area contributed by atoms with Crippen molar-refractivity contribution in [2.24, 2.45) is 0 Å². The van der Waals surface area contributed by atoms with Crippen molar-refractivity contribution in [2.45, 2.75) is 18.4 Å². The fourth-order valence-electron chi connectivity index (χ4n) is 2.41.